The fraction of sp³-hybridized carbons (Fsp3) is 0.188. The fourth-order valence-corrected chi connectivity index (χ4v) is 1.91. The van der Waals surface area contributed by atoms with Gasteiger partial charge in [0.05, 0.1) is 18.3 Å². The van der Waals surface area contributed by atoms with Gasteiger partial charge in [-0.2, -0.15) is 0 Å². The second kappa shape index (κ2) is 9.16. The number of nitrogens with zero attached hydrogens (tertiary/aromatic N) is 2. The maximum atomic E-state index is 11.1. The van der Waals surface area contributed by atoms with Gasteiger partial charge < -0.3 is 15.1 Å². The molecule has 0 bridgehead atoms. The van der Waals surface area contributed by atoms with Crippen LogP contribution in [0.2, 0.25) is 0 Å². The van der Waals surface area contributed by atoms with Gasteiger partial charge in [0.25, 0.3) is 0 Å². The molecule has 4 N–H and O–H groups in total. The molecule has 0 spiro atoms. The lowest BCUT2D eigenvalue weighted by molar-refractivity contribution is -0.139. The van der Waals surface area contributed by atoms with E-state index in [1.807, 2.05) is 30.3 Å². The van der Waals surface area contributed by atoms with Crippen molar-refractivity contribution in [2.75, 3.05) is 0 Å². The first-order valence-electron chi connectivity index (χ1n) is 7.16. The molecule has 0 radical (unpaired) electrons. The summed E-state index contributed by atoms with van der Waals surface area (Å²) in [5.41, 5.74) is 1.80. The van der Waals surface area contributed by atoms with Crippen molar-refractivity contribution >= 4 is 5.97 Å². The van der Waals surface area contributed by atoms with Crippen LogP contribution in [0.4, 0.5) is 0 Å². The second-order valence-corrected chi connectivity index (χ2v) is 4.78. The van der Waals surface area contributed by atoms with Gasteiger partial charge in [0.1, 0.15) is 6.04 Å². The molecular formula is C16H19N5O2. The minimum Gasteiger partial charge on any atom is -0.480 e. The van der Waals surface area contributed by atoms with Crippen molar-refractivity contribution in [1.29, 1.82) is 0 Å². The van der Waals surface area contributed by atoms with Crippen molar-refractivity contribution in [3.05, 3.63) is 72.8 Å². The third-order valence-corrected chi connectivity index (χ3v) is 3.07. The monoisotopic (exact) mass is 313 g/mol. The predicted octanol–water partition coefficient (Wildman–Crippen LogP) is 1.60. The van der Waals surface area contributed by atoms with Crippen LogP contribution in [0.3, 0.4) is 0 Å². The van der Waals surface area contributed by atoms with E-state index in [0.29, 0.717) is 13.0 Å². The van der Waals surface area contributed by atoms with Crippen molar-refractivity contribution in [2.45, 2.75) is 19.0 Å². The second-order valence-electron chi connectivity index (χ2n) is 4.78. The standard InChI is InChI=1S/C13H15N3O2.C3H4N2/c17-13(18)12(6-11-8-14-9-16-11)15-7-10-4-2-1-3-5-10;1-2-5-3-4-1/h1-5,8-9,12,15H,6-7H2,(H,14,16)(H,17,18);1-3H,(H,4,5)/t12-;/m1./s1. The van der Waals surface area contributed by atoms with Gasteiger partial charge in [0.2, 0.25) is 0 Å². The Morgan fingerprint density at radius 3 is 2.57 bits per heavy atom. The van der Waals surface area contributed by atoms with Gasteiger partial charge in [-0.25, -0.2) is 9.97 Å². The van der Waals surface area contributed by atoms with Crippen molar-refractivity contribution in [2.24, 2.45) is 0 Å². The Labute approximate surface area is 133 Å². The van der Waals surface area contributed by atoms with Crippen LogP contribution in [-0.2, 0) is 17.8 Å². The van der Waals surface area contributed by atoms with E-state index in [4.69, 9.17) is 5.11 Å². The number of hydrogen-bond donors (Lipinski definition) is 4. The normalized spacial score (nSPS) is 11.3. The summed E-state index contributed by atoms with van der Waals surface area (Å²) in [5.74, 6) is -0.867. The summed E-state index contributed by atoms with van der Waals surface area (Å²) in [5, 5.41) is 12.2. The highest BCUT2D eigenvalue weighted by molar-refractivity contribution is 5.73. The van der Waals surface area contributed by atoms with Crippen molar-refractivity contribution in [3.63, 3.8) is 0 Å². The van der Waals surface area contributed by atoms with Crippen LogP contribution in [-0.4, -0.2) is 37.1 Å². The molecule has 2 heterocycles. The summed E-state index contributed by atoms with van der Waals surface area (Å²) in [6.07, 6.45) is 8.71. The number of carbonyl (C=O) groups is 1. The lowest BCUT2D eigenvalue weighted by Crippen LogP contribution is -2.38. The first-order chi connectivity index (χ1) is 11.3. The number of aromatic nitrogens is 4. The van der Waals surface area contributed by atoms with E-state index in [0.717, 1.165) is 11.3 Å². The summed E-state index contributed by atoms with van der Waals surface area (Å²) >= 11 is 0. The minimum absolute atomic E-state index is 0.367. The quantitative estimate of drug-likeness (QED) is 0.553. The maximum Gasteiger partial charge on any atom is 0.321 e. The number of nitrogens with one attached hydrogen (secondary N) is 3. The van der Waals surface area contributed by atoms with Gasteiger partial charge in [-0.1, -0.05) is 30.3 Å². The van der Waals surface area contributed by atoms with Gasteiger partial charge in [-0.05, 0) is 5.56 Å². The van der Waals surface area contributed by atoms with E-state index in [9.17, 15) is 4.79 Å². The number of aromatic amines is 2. The topological polar surface area (TPSA) is 107 Å². The lowest BCUT2D eigenvalue weighted by atomic mass is 10.1. The highest BCUT2D eigenvalue weighted by Crippen LogP contribution is 2.02. The molecule has 1 atom stereocenters. The number of carboxylic acid groups (broad SMARTS) is 1. The van der Waals surface area contributed by atoms with E-state index >= 15 is 0 Å². The van der Waals surface area contributed by atoms with Crippen molar-refractivity contribution < 1.29 is 9.90 Å². The summed E-state index contributed by atoms with van der Waals surface area (Å²) in [7, 11) is 0. The number of hydrogen-bond acceptors (Lipinski definition) is 4. The van der Waals surface area contributed by atoms with Gasteiger partial charge >= 0.3 is 5.97 Å². The zero-order valence-corrected chi connectivity index (χ0v) is 12.5. The Morgan fingerprint density at radius 1 is 1.22 bits per heavy atom. The van der Waals surface area contributed by atoms with Crippen LogP contribution in [0, 0.1) is 0 Å². The van der Waals surface area contributed by atoms with Crippen LogP contribution in [0.15, 0.2) is 61.6 Å². The highest BCUT2D eigenvalue weighted by atomic mass is 16.4. The molecule has 0 fully saturated rings. The van der Waals surface area contributed by atoms with Gasteiger partial charge in [0.15, 0.2) is 0 Å². The number of benzene rings is 1. The first kappa shape index (κ1) is 16.4. The third-order valence-electron chi connectivity index (χ3n) is 3.07. The molecule has 0 aliphatic heterocycles. The number of carboxylic acids is 1. The molecule has 0 unspecified atom stereocenters. The molecule has 0 saturated heterocycles. The molecule has 1 aromatic carbocycles. The number of rotatable bonds is 6. The van der Waals surface area contributed by atoms with E-state index in [1.165, 1.54) is 0 Å². The van der Waals surface area contributed by atoms with Crippen LogP contribution in [0.1, 0.15) is 11.3 Å². The Morgan fingerprint density at radius 2 is 2.04 bits per heavy atom. The minimum atomic E-state index is -0.867. The fourth-order valence-electron chi connectivity index (χ4n) is 1.91. The first-order valence-corrected chi connectivity index (χ1v) is 7.16. The molecule has 0 saturated carbocycles. The Bertz CT molecular complexity index is 636. The molecule has 2 aromatic heterocycles. The lowest BCUT2D eigenvalue weighted by Gasteiger charge is -2.13. The maximum absolute atomic E-state index is 11.1. The Hall–Kier alpha value is -2.93. The molecule has 3 aromatic rings. The molecule has 0 aliphatic rings. The SMILES string of the molecule is O=C(O)[C@@H](Cc1c[nH]cn1)NCc1ccccc1.c1c[nH]cn1. The summed E-state index contributed by atoms with van der Waals surface area (Å²) < 4.78 is 0. The summed E-state index contributed by atoms with van der Waals surface area (Å²) in [4.78, 5) is 24.4. The van der Waals surface area contributed by atoms with Crippen LogP contribution >= 0.6 is 0 Å². The molecule has 120 valence electrons. The molecule has 3 rings (SSSR count). The number of aliphatic carboxylic acids is 1. The number of H-pyrrole nitrogens is 2. The van der Waals surface area contributed by atoms with Gasteiger partial charge in [0, 0.05) is 31.6 Å². The zero-order chi connectivity index (χ0) is 16.3. The summed E-state index contributed by atoms with van der Waals surface area (Å²) in [6.45, 7) is 0.530. The molecule has 7 heteroatoms. The van der Waals surface area contributed by atoms with Crippen LogP contribution in [0.5, 0.6) is 0 Å². The molecular weight excluding hydrogens is 294 g/mol. The van der Waals surface area contributed by atoms with Crippen LogP contribution in [0.25, 0.3) is 0 Å². The van der Waals surface area contributed by atoms with Crippen molar-refractivity contribution in [1.82, 2.24) is 25.3 Å². The average molecular weight is 313 g/mol. The van der Waals surface area contributed by atoms with E-state index in [2.05, 4.69) is 25.3 Å². The average Bonchev–Trinajstić information content (AvgIpc) is 3.28. The Kier molecular flexibility index (Phi) is 6.55. The third kappa shape index (κ3) is 6.15. The van der Waals surface area contributed by atoms with Crippen molar-refractivity contribution in [3.8, 4) is 0 Å². The predicted molar refractivity (Wildman–Crippen MR) is 85.6 cm³/mol. The zero-order valence-electron chi connectivity index (χ0n) is 12.5. The smallest absolute Gasteiger partial charge is 0.321 e. The van der Waals surface area contributed by atoms with Gasteiger partial charge in [-0.15, -0.1) is 0 Å². The van der Waals surface area contributed by atoms with E-state index < -0.39 is 12.0 Å². The largest absolute Gasteiger partial charge is 0.480 e. The number of imidazole rings is 2. The van der Waals surface area contributed by atoms with E-state index in [-0.39, 0.29) is 0 Å². The molecule has 0 aliphatic carbocycles. The van der Waals surface area contributed by atoms with Gasteiger partial charge in [-0.3, -0.25) is 10.1 Å². The molecule has 7 nitrogen and oxygen atoms in total. The Balaban J connectivity index is 0.000000326. The molecule has 23 heavy (non-hydrogen) atoms. The summed E-state index contributed by atoms with van der Waals surface area (Å²) in [6, 6.07) is 9.08. The van der Waals surface area contributed by atoms with Crippen LogP contribution < -0.4 is 5.32 Å². The van der Waals surface area contributed by atoms with E-state index in [1.54, 1.807) is 31.2 Å². The molecule has 0 amide bonds. The highest BCUT2D eigenvalue weighted by Gasteiger charge is 2.18.